The summed E-state index contributed by atoms with van der Waals surface area (Å²) < 4.78 is 28.2. The van der Waals surface area contributed by atoms with Crippen LogP contribution in [0.1, 0.15) is 12.8 Å². The van der Waals surface area contributed by atoms with E-state index in [1.807, 2.05) is 0 Å². The van der Waals surface area contributed by atoms with Gasteiger partial charge in [-0.05, 0) is 42.8 Å². The second kappa shape index (κ2) is 7.73. The molecule has 0 aliphatic carbocycles. The number of nitrogens with zero attached hydrogens (tertiary/aromatic N) is 1. The van der Waals surface area contributed by atoms with E-state index in [2.05, 4.69) is 10.3 Å². The van der Waals surface area contributed by atoms with Gasteiger partial charge in [-0.25, -0.2) is 13.4 Å². The molecule has 0 atom stereocenters. The van der Waals surface area contributed by atoms with Crippen LogP contribution in [-0.2, 0) is 14.6 Å². The van der Waals surface area contributed by atoms with Crippen LogP contribution in [0.3, 0.4) is 0 Å². The maximum atomic E-state index is 11.7. The van der Waals surface area contributed by atoms with Gasteiger partial charge in [0.25, 0.3) is 0 Å². The predicted octanol–water partition coefficient (Wildman–Crippen LogP) is 2.28. The molecular weight excluding hydrogens is 316 g/mol. The summed E-state index contributed by atoms with van der Waals surface area (Å²) in [5.74, 6) is 0.969. The fourth-order valence-corrected chi connectivity index (χ4v) is 2.48. The van der Waals surface area contributed by atoms with Gasteiger partial charge in [0, 0.05) is 18.9 Å². The first-order valence-electron chi connectivity index (χ1n) is 7.09. The van der Waals surface area contributed by atoms with E-state index in [0.717, 1.165) is 6.26 Å². The Morgan fingerprint density at radius 2 is 1.91 bits per heavy atom. The SMILES string of the molecule is CS(=O)(=O)c1ccc(OCCCC(=O)Nc2ccccn2)cc1. The van der Waals surface area contributed by atoms with Gasteiger partial charge < -0.3 is 10.1 Å². The van der Waals surface area contributed by atoms with Gasteiger partial charge >= 0.3 is 0 Å². The average Bonchev–Trinajstić information content (AvgIpc) is 2.52. The van der Waals surface area contributed by atoms with Gasteiger partial charge in [0.1, 0.15) is 11.6 Å². The van der Waals surface area contributed by atoms with Crippen molar-refractivity contribution in [3.63, 3.8) is 0 Å². The number of benzene rings is 1. The zero-order valence-electron chi connectivity index (χ0n) is 12.7. The lowest BCUT2D eigenvalue weighted by molar-refractivity contribution is -0.116. The minimum absolute atomic E-state index is 0.125. The first kappa shape index (κ1) is 17.0. The van der Waals surface area contributed by atoms with Crippen molar-refractivity contribution in [3.05, 3.63) is 48.7 Å². The lowest BCUT2D eigenvalue weighted by Crippen LogP contribution is -2.13. The number of hydrogen-bond donors (Lipinski definition) is 1. The number of aromatic nitrogens is 1. The van der Waals surface area contributed by atoms with E-state index >= 15 is 0 Å². The van der Waals surface area contributed by atoms with Gasteiger partial charge in [-0.2, -0.15) is 0 Å². The summed E-state index contributed by atoms with van der Waals surface area (Å²) >= 11 is 0. The number of pyridine rings is 1. The van der Waals surface area contributed by atoms with Gasteiger partial charge in [-0.1, -0.05) is 6.07 Å². The molecule has 0 aliphatic heterocycles. The van der Waals surface area contributed by atoms with Crippen LogP contribution in [0.2, 0.25) is 0 Å². The molecule has 0 saturated heterocycles. The van der Waals surface area contributed by atoms with Crippen molar-refractivity contribution in [3.8, 4) is 5.75 Å². The summed E-state index contributed by atoms with van der Waals surface area (Å²) in [7, 11) is -3.20. The quantitative estimate of drug-likeness (QED) is 0.785. The van der Waals surface area contributed by atoms with Gasteiger partial charge in [-0.15, -0.1) is 0 Å². The molecule has 0 fully saturated rings. The molecule has 1 heterocycles. The van der Waals surface area contributed by atoms with Crippen LogP contribution >= 0.6 is 0 Å². The van der Waals surface area contributed by atoms with Crippen molar-refractivity contribution < 1.29 is 17.9 Å². The molecule has 7 heteroatoms. The number of anilines is 1. The monoisotopic (exact) mass is 334 g/mol. The van der Waals surface area contributed by atoms with Gasteiger partial charge in [-0.3, -0.25) is 4.79 Å². The minimum Gasteiger partial charge on any atom is -0.494 e. The van der Waals surface area contributed by atoms with Crippen molar-refractivity contribution in [2.75, 3.05) is 18.2 Å². The Bertz CT molecular complexity index is 743. The van der Waals surface area contributed by atoms with E-state index in [4.69, 9.17) is 4.74 Å². The molecule has 1 aromatic heterocycles. The number of carbonyl (C=O) groups excluding carboxylic acids is 1. The molecule has 2 aromatic rings. The molecule has 0 radical (unpaired) electrons. The molecule has 23 heavy (non-hydrogen) atoms. The number of carbonyl (C=O) groups is 1. The van der Waals surface area contributed by atoms with E-state index in [1.165, 1.54) is 12.1 Å². The Labute approximate surface area is 135 Å². The average molecular weight is 334 g/mol. The molecule has 122 valence electrons. The zero-order chi connectivity index (χ0) is 16.7. The van der Waals surface area contributed by atoms with E-state index in [-0.39, 0.29) is 10.8 Å². The normalized spacial score (nSPS) is 11.0. The van der Waals surface area contributed by atoms with Crippen molar-refractivity contribution in [1.82, 2.24) is 4.98 Å². The van der Waals surface area contributed by atoms with E-state index in [0.29, 0.717) is 31.0 Å². The third-order valence-electron chi connectivity index (χ3n) is 3.00. The highest BCUT2D eigenvalue weighted by Gasteiger charge is 2.07. The van der Waals surface area contributed by atoms with E-state index in [9.17, 15) is 13.2 Å². The fraction of sp³-hybridized carbons (Fsp3) is 0.250. The lowest BCUT2D eigenvalue weighted by Gasteiger charge is -2.07. The van der Waals surface area contributed by atoms with Gasteiger partial charge in [0.15, 0.2) is 9.84 Å². The van der Waals surface area contributed by atoms with Crippen LogP contribution in [0.15, 0.2) is 53.6 Å². The third-order valence-corrected chi connectivity index (χ3v) is 4.13. The Morgan fingerprint density at radius 1 is 1.17 bits per heavy atom. The summed E-state index contributed by atoms with van der Waals surface area (Å²) in [5, 5.41) is 2.69. The second-order valence-corrected chi connectivity index (χ2v) is 6.97. The van der Waals surface area contributed by atoms with E-state index in [1.54, 1.807) is 36.5 Å². The molecule has 0 bridgehead atoms. The van der Waals surface area contributed by atoms with Crippen molar-refractivity contribution >= 4 is 21.6 Å². The molecule has 0 unspecified atom stereocenters. The first-order valence-corrected chi connectivity index (χ1v) is 8.98. The van der Waals surface area contributed by atoms with Crippen molar-refractivity contribution in [2.24, 2.45) is 0 Å². The highest BCUT2D eigenvalue weighted by Crippen LogP contribution is 2.16. The zero-order valence-corrected chi connectivity index (χ0v) is 13.5. The summed E-state index contributed by atoms with van der Waals surface area (Å²) in [4.78, 5) is 16.0. The van der Waals surface area contributed by atoms with Crippen LogP contribution in [0.5, 0.6) is 5.75 Å². The molecule has 1 amide bonds. The number of rotatable bonds is 7. The molecule has 1 aromatic carbocycles. The third kappa shape index (κ3) is 5.71. The van der Waals surface area contributed by atoms with Crippen molar-refractivity contribution in [1.29, 1.82) is 0 Å². The van der Waals surface area contributed by atoms with Crippen LogP contribution in [-0.4, -0.2) is 32.2 Å². The fourth-order valence-electron chi connectivity index (χ4n) is 1.85. The second-order valence-electron chi connectivity index (χ2n) is 4.96. The van der Waals surface area contributed by atoms with Crippen LogP contribution < -0.4 is 10.1 Å². The largest absolute Gasteiger partial charge is 0.494 e. The summed E-state index contributed by atoms with van der Waals surface area (Å²) in [5.41, 5.74) is 0. The Hall–Kier alpha value is -2.41. The van der Waals surface area contributed by atoms with Crippen LogP contribution in [0.25, 0.3) is 0 Å². The topological polar surface area (TPSA) is 85.4 Å². The number of sulfone groups is 1. The maximum Gasteiger partial charge on any atom is 0.225 e. The minimum atomic E-state index is -3.20. The lowest BCUT2D eigenvalue weighted by atomic mass is 10.3. The molecule has 6 nitrogen and oxygen atoms in total. The van der Waals surface area contributed by atoms with Crippen LogP contribution in [0.4, 0.5) is 5.82 Å². The van der Waals surface area contributed by atoms with Crippen LogP contribution in [0, 0.1) is 0 Å². The maximum absolute atomic E-state index is 11.7. The summed E-state index contributed by atoms with van der Waals surface area (Å²) in [6, 6.07) is 11.5. The summed E-state index contributed by atoms with van der Waals surface area (Å²) in [6.07, 6.45) is 3.63. The molecule has 0 aliphatic rings. The number of nitrogens with one attached hydrogen (secondary N) is 1. The first-order chi connectivity index (χ1) is 10.9. The number of hydrogen-bond acceptors (Lipinski definition) is 5. The summed E-state index contributed by atoms with van der Waals surface area (Å²) in [6.45, 7) is 0.369. The van der Waals surface area contributed by atoms with Crippen molar-refractivity contribution in [2.45, 2.75) is 17.7 Å². The highest BCUT2D eigenvalue weighted by atomic mass is 32.2. The molecule has 1 N–H and O–H groups in total. The molecule has 2 rings (SSSR count). The molecule has 0 spiro atoms. The Kier molecular flexibility index (Phi) is 5.70. The highest BCUT2D eigenvalue weighted by molar-refractivity contribution is 7.90. The Balaban J connectivity index is 1.72. The smallest absolute Gasteiger partial charge is 0.225 e. The number of ether oxygens (including phenoxy) is 1. The molecular formula is C16H18N2O4S. The Morgan fingerprint density at radius 3 is 2.52 bits per heavy atom. The van der Waals surface area contributed by atoms with E-state index < -0.39 is 9.84 Å². The molecule has 0 saturated carbocycles. The number of amides is 1. The van der Waals surface area contributed by atoms with Gasteiger partial charge in [0.2, 0.25) is 5.91 Å². The predicted molar refractivity (Wildman–Crippen MR) is 87.1 cm³/mol. The standard InChI is InChI=1S/C16H18N2O4S/c1-23(20,21)14-9-7-13(8-10-14)22-12-4-6-16(19)18-15-5-2-3-11-17-15/h2-3,5,7-11H,4,6,12H2,1H3,(H,17,18,19). The van der Waals surface area contributed by atoms with Gasteiger partial charge in [0.05, 0.1) is 11.5 Å².